The molecule has 0 fully saturated rings. The lowest BCUT2D eigenvalue weighted by Gasteiger charge is -2.18. The lowest BCUT2D eigenvalue weighted by Crippen LogP contribution is -2.17. The molecule has 130 valence electrons. The molecule has 0 nitrogen and oxygen atoms in total. The minimum Gasteiger partial charge on any atom is -0.196 e. The minimum atomic E-state index is -3.02. The monoisotopic (exact) mass is 330 g/mol. The van der Waals surface area contributed by atoms with Crippen molar-refractivity contribution >= 4 is 0 Å². The van der Waals surface area contributed by atoms with Gasteiger partial charge < -0.3 is 0 Å². The molecule has 0 saturated carbocycles. The highest BCUT2D eigenvalue weighted by molar-refractivity contribution is 5.70. The van der Waals surface area contributed by atoms with Gasteiger partial charge >= 0.3 is 0 Å². The Balaban J connectivity index is 3.78. The van der Waals surface area contributed by atoms with Crippen LogP contribution < -0.4 is 0 Å². The van der Waals surface area contributed by atoms with Gasteiger partial charge in [-0.3, -0.25) is 0 Å². The zero-order chi connectivity index (χ0) is 18.3. The number of halogens is 2. The summed E-state index contributed by atoms with van der Waals surface area (Å²) in [5, 5.41) is 0. The van der Waals surface area contributed by atoms with Gasteiger partial charge in [-0.25, -0.2) is 0 Å². The Morgan fingerprint density at radius 2 is 1.83 bits per heavy atom. The Morgan fingerprint density at radius 1 is 1.17 bits per heavy atom. The molecule has 0 amide bonds. The predicted molar refractivity (Wildman–Crippen MR) is 101 cm³/mol. The molecular weight excluding hydrogens is 302 g/mol. The molecule has 0 N–H and O–H groups in total. The number of rotatable bonds is 8. The van der Waals surface area contributed by atoms with Gasteiger partial charge in [-0.15, -0.1) is 13.2 Å². The van der Waals surface area contributed by atoms with E-state index in [1.807, 2.05) is 0 Å². The standard InChI is InChI=1S/C22H28F2/c1-7-11-14-20-21(17(12-8-2)15-16(5)6)18(10-4)19(13-9-3)22(20,23)24/h7-10,13-14,16H,1-2,4,11-12,15H2,3,5-6H3/b13-9-,20-14+,21-17+. The zero-order valence-corrected chi connectivity index (χ0v) is 15.0. The van der Waals surface area contributed by atoms with Gasteiger partial charge in [0.1, 0.15) is 0 Å². The predicted octanol–water partition coefficient (Wildman–Crippen LogP) is 7.12. The summed E-state index contributed by atoms with van der Waals surface area (Å²) in [6.07, 6.45) is 11.5. The molecule has 0 aromatic heterocycles. The summed E-state index contributed by atoms with van der Waals surface area (Å²) in [6, 6.07) is 0. The average Bonchev–Trinajstić information content (AvgIpc) is 2.72. The van der Waals surface area contributed by atoms with Gasteiger partial charge in [0.25, 0.3) is 5.92 Å². The first-order chi connectivity index (χ1) is 11.3. The molecule has 0 saturated heterocycles. The maximum Gasteiger partial charge on any atom is 0.299 e. The van der Waals surface area contributed by atoms with E-state index in [0.29, 0.717) is 29.9 Å². The van der Waals surface area contributed by atoms with Gasteiger partial charge in [-0.1, -0.05) is 62.5 Å². The topological polar surface area (TPSA) is 0 Å². The molecule has 0 aliphatic heterocycles. The summed E-state index contributed by atoms with van der Waals surface area (Å²) < 4.78 is 30.2. The van der Waals surface area contributed by atoms with Gasteiger partial charge in [0.05, 0.1) is 0 Å². The van der Waals surface area contributed by atoms with Crippen LogP contribution >= 0.6 is 0 Å². The maximum atomic E-state index is 15.1. The van der Waals surface area contributed by atoms with Gasteiger partial charge in [0.2, 0.25) is 0 Å². The molecular formula is C22H28F2. The molecule has 0 heterocycles. The van der Waals surface area contributed by atoms with E-state index in [0.717, 1.165) is 12.0 Å². The van der Waals surface area contributed by atoms with Crippen LogP contribution in [0.25, 0.3) is 0 Å². The summed E-state index contributed by atoms with van der Waals surface area (Å²) in [6.45, 7) is 17.2. The first-order valence-corrected chi connectivity index (χ1v) is 8.37. The summed E-state index contributed by atoms with van der Waals surface area (Å²) in [5.74, 6) is -2.64. The highest BCUT2D eigenvalue weighted by Crippen LogP contribution is 2.51. The largest absolute Gasteiger partial charge is 0.299 e. The number of allylic oxidation sites excluding steroid dienone is 11. The van der Waals surface area contributed by atoms with E-state index in [9.17, 15) is 0 Å². The summed E-state index contributed by atoms with van der Waals surface area (Å²) in [7, 11) is 0. The van der Waals surface area contributed by atoms with Crippen molar-refractivity contribution in [2.45, 2.75) is 46.0 Å². The molecule has 0 spiro atoms. The molecule has 24 heavy (non-hydrogen) atoms. The molecule has 1 aliphatic carbocycles. The van der Waals surface area contributed by atoms with Gasteiger partial charge in [0, 0.05) is 11.1 Å². The summed E-state index contributed by atoms with van der Waals surface area (Å²) >= 11 is 0. The van der Waals surface area contributed by atoms with Crippen molar-refractivity contribution in [3.8, 4) is 0 Å². The summed E-state index contributed by atoms with van der Waals surface area (Å²) in [4.78, 5) is 0. The lowest BCUT2D eigenvalue weighted by molar-refractivity contribution is 0.0944. The van der Waals surface area contributed by atoms with Crippen molar-refractivity contribution < 1.29 is 8.78 Å². The Morgan fingerprint density at radius 3 is 2.29 bits per heavy atom. The third kappa shape index (κ3) is 4.11. The van der Waals surface area contributed by atoms with Crippen LogP contribution in [0.15, 0.2) is 84.1 Å². The third-order valence-electron chi connectivity index (χ3n) is 3.93. The highest BCUT2D eigenvalue weighted by Gasteiger charge is 2.47. The number of hydrogen-bond acceptors (Lipinski definition) is 0. The van der Waals surface area contributed by atoms with E-state index in [1.54, 1.807) is 37.3 Å². The Kier molecular flexibility index (Phi) is 7.34. The van der Waals surface area contributed by atoms with Crippen molar-refractivity contribution in [1.29, 1.82) is 0 Å². The second-order valence-electron chi connectivity index (χ2n) is 6.32. The second-order valence-corrected chi connectivity index (χ2v) is 6.32. The van der Waals surface area contributed by atoms with Crippen LogP contribution in [0.3, 0.4) is 0 Å². The molecule has 0 radical (unpaired) electrons. The molecule has 0 unspecified atom stereocenters. The summed E-state index contributed by atoms with van der Waals surface area (Å²) in [5.41, 5.74) is 2.26. The molecule has 0 atom stereocenters. The Bertz CT molecular complexity index is 622. The molecule has 0 aromatic rings. The van der Waals surface area contributed by atoms with E-state index < -0.39 is 5.92 Å². The van der Waals surface area contributed by atoms with E-state index in [2.05, 4.69) is 33.6 Å². The fourth-order valence-corrected chi connectivity index (χ4v) is 3.09. The molecule has 1 rings (SSSR count). The van der Waals surface area contributed by atoms with Crippen molar-refractivity contribution in [2.75, 3.05) is 0 Å². The van der Waals surface area contributed by atoms with E-state index >= 15 is 8.78 Å². The smallest absolute Gasteiger partial charge is 0.196 e. The normalized spacial score (nSPS) is 21.0. The molecule has 1 aliphatic rings. The lowest BCUT2D eigenvalue weighted by atomic mass is 9.89. The van der Waals surface area contributed by atoms with Gasteiger partial charge in [-0.05, 0) is 43.3 Å². The SMILES string of the molecule is C=CC/C=C1\C(=C(/CC=C)CC(C)C)C(C=C)=C(/C=C\C)C1(F)F. The molecule has 0 aromatic carbocycles. The van der Waals surface area contributed by atoms with Crippen LogP contribution in [0.5, 0.6) is 0 Å². The van der Waals surface area contributed by atoms with E-state index in [1.165, 1.54) is 6.08 Å². The van der Waals surface area contributed by atoms with Crippen LogP contribution in [0, 0.1) is 5.92 Å². The van der Waals surface area contributed by atoms with Crippen molar-refractivity contribution in [3.05, 3.63) is 84.1 Å². The van der Waals surface area contributed by atoms with Crippen molar-refractivity contribution in [2.24, 2.45) is 5.92 Å². The van der Waals surface area contributed by atoms with Crippen LogP contribution in [0.2, 0.25) is 0 Å². The van der Waals surface area contributed by atoms with Crippen LogP contribution in [-0.4, -0.2) is 5.92 Å². The zero-order valence-electron chi connectivity index (χ0n) is 15.0. The van der Waals surface area contributed by atoms with E-state index in [4.69, 9.17) is 0 Å². The highest BCUT2D eigenvalue weighted by atomic mass is 19.3. The Hall–Kier alpha value is -1.96. The molecule has 2 heteroatoms. The fraction of sp³-hybridized carbons (Fsp3) is 0.364. The van der Waals surface area contributed by atoms with Crippen LogP contribution in [0.1, 0.15) is 40.0 Å². The van der Waals surface area contributed by atoms with Gasteiger partial charge in [-0.2, -0.15) is 8.78 Å². The first kappa shape index (κ1) is 20.1. The number of hydrogen-bond donors (Lipinski definition) is 0. The minimum absolute atomic E-state index is 0.0237. The van der Waals surface area contributed by atoms with Crippen LogP contribution in [0.4, 0.5) is 8.78 Å². The van der Waals surface area contributed by atoms with Crippen molar-refractivity contribution in [3.63, 3.8) is 0 Å². The van der Waals surface area contributed by atoms with E-state index in [-0.39, 0.29) is 11.1 Å². The maximum absolute atomic E-state index is 15.1. The molecule has 0 bridgehead atoms. The first-order valence-electron chi connectivity index (χ1n) is 8.37. The third-order valence-corrected chi connectivity index (χ3v) is 3.93. The van der Waals surface area contributed by atoms with Gasteiger partial charge in [0.15, 0.2) is 0 Å². The fourth-order valence-electron chi connectivity index (χ4n) is 3.09. The second kappa shape index (κ2) is 8.77. The quantitative estimate of drug-likeness (QED) is 0.416. The van der Waals surface area contributed by atoms with Crippen molar-refractivity contribution in [1.82, 2.24) is 0 Å². The van der Waals surface area contributed by atoms with Crippen LogP contribution in [-0.2, 0) is 0 Å². The number of alkyl halides is 2. The Labute approximate surface area is 145 Å². The average molecular weight is 330 g/mol.